The van der Waals surface area contributed by atoms with Gasteiger partial charge in [-0.1, -0.05) is 39.0 Å². The van der Waals surface area contributed by atoms with Crippen LogP contribution in [-0.2, 0) is 4.74 Å². The summed E-state index contributed by atoms with van der Waals surface area (Å²) in [5.74, 6) is 0.968. The van der Waals surface area contributed by atoms with Crippen molar-refractivity contribution in [3.63, 3.8) is 0 Å². The van der Waals surface area contributed by atoms with Crippen LogP contribution in [0.3, 0.4) is 0 Å². The molecule has 1 aromatic carbocycles. The van der Waals surface area contributed by atoms with Gasteiger partial charge in [-0.25, -0.2) is 0 Å². The summed E-state index contributed by atoms with van der Waals surface area (Å²) in [5.41, 5.74) is 1.19. The molecule has 0 aliphatic rings. The van der Waals surface area contributed by atoms with Crippen LogP contribution < -0.4 is 10.1 Å². The molecule has 1 unspecified atom stereocenters. The van der Waals surface area contributed by atoms with Crippen molar-refractivity contribution in [2.24, 2.45) is 0 Å². The van der Waals surface area contributed by atoms with Gasteiger partial charge >= 0.3 is 0 Å². The van der Waals surface area contributed by atoms with Crippen LogP contribution in [0, 0.1) is 0 Å². The van der Waals surface area contributed by atoms with E-state index < -0.39 is 0 Å². The monoisotopic (exact) mass is 265 g/mol. The molecule has 0 aliphatic carbocycles. The van der Waals surface area contributed by atoms with Gasteiger partial charge in [0, 0.05) is 12.2 Å². The lowest BCUT2D eigenvalue weighted by atomic mass is 10.1. The highest BCUT2D eigenvalue weighted by atomic mass is 16.5. The number of rotatable bonds is 10. The molecular weight excluding hydrogens is 238 g/mol. The molecule has 0 fully saturated rings. The largest absolute Gasteiger partial charge is 0.493 e. The van der Waals surface area contributed by atoms with Gasteiger partial charge in [0.25, 0.3) is 0 Å². The van der Waals surface area contributed by atoms with E-state index >= 15 is 0 Å². The fourth-order valence-electron chi connectivity index (χ4n) is 1.96. The van der Waals surface area contributed by atoms with Crippen molar-refractivity contribution in [2.75, 3.05) is 26.4 Å². The Morgan fingerprint density at radius 2 is 1.79 bits per heavy atom. The standard InChI is InChI=1S/C16H27NO2/c1-4-11-18-13-15(17-6-3)14-9-7-8-10-16(14)19-12-5-2/h7-10,15,17H,4-6,11-13H2,1-3H3. The Labute approximate surface area is 117 Å². The summed E-state index contributed by atoms with van der Waals surface area (Å²) < 4.78 is 11.5. The highest BCUT2D eigenvalue weighted by Gasteiger charge is 2.15. The molecule has 0 radical (unpaired) electrons. The van der Waals surface area contributed by atoms with Gasteiger partial charge in [-0.15, -0.1) is 0 Å². The molecule has 3 heteroatoms. The molecule has 0 saturated carbocycles. The van der Waals surface area contributed by atoms with E-state index in [-0.39, 0.29) is 6.04 Å². The summed E-state index contributed by atoms with van der Waals surface area (Å²) in [6.07, 6.45) is 2.07. The van der Waals surface area contributed by atoms with Crippen molar-refractivity contribution >= 4 is 0 Å². The quantitative estimate of drug-likeness (QED) is 0.656. The highest BCUT2D eigenvalue weighted by molar-refractivity contribution is 5.36. The predicted octanol–water partition coefficient (Wildman–Crippen LogP) is 3.55. The zero-order valence-corrected chi connectivity index (χ0v) is 12.4. The third kappa shape index (κ3) is 5.62. The topological polar surface area (TPSA) is 30.5 Å². The molecule has 0 aromatic heterocycles. The van der Waals surface area contributed by atoms with Crippen LogP contribution >= 0.6 is 0 Å². The van der Waals surface area contributed by atoms with E-state index in [4.69, 9.17) is 9.47 Å². The normalized spacial score (nSPS) is 12.4. The van der Waals surface area contributed by atoms with Crippen molar-refractivity contribution in [1.29, 1.82) is 0 Å². The van der Waals surface area contributed by atoms with Crippen molar-refractivity contribution in [1.82, 2.24) is 5.32 Å². The van der Waals surface area contributed by atoms with E-state index in [0.717, 1.165) is 38.3 Å². The Morgan fingerprint density at radius 1 is 1.05 bits per heavy atom. The van der Waals surface area contributed by atoms with Crippen LogP contribution in [0.25, 0.3) is 0 Å². The Kier molecular flexibility index (Phi) is 8.26. The zero-order valence-electron chi connectivity index (χ0n) is 12.4. The Morgan fingerprint density at radius 3 is 2.47 bits per heavy atom. The minimum absolute atomic E-state index is 0.199. The molecule has 1 N–H and O–H groups in total. The molecule has 1 atom stereocenters. The molecule has 19 heavy (non-hydrogen) atoms. The van der Waals surface area contributed by atoms with Crippen LogP contribution in [0.2, 0.25) is 0 Å². The third-order valence-electron chi connectivity index (χ3n) is 2.84. The van der Waals surface area contributed by atoms with Gasteiger partial charge in [0.1, 0.15) is 5.75 Å². The number of hydrogen-bond donors (Lipinski definition) is 1. The average molecular weight is 265 g/mol. The maximum atomic E-state index is 5.82. The number of para-hydroxylation sites is 1. The van der Waals surface area contributed by atoms with Crippen LogP contribution in [0.4, 0.5) is 0 Å². The lowest BCUT2D eigenvalue weighted by Crippen LogP contribution is -2.26. The van der Waals surface area contributed by atoms with Crippen molar-refractivity contribution in [3.8, 4) is 5.75 Å². The van der Waals surface area contributed by atoms with E-state index in [1.807, 2.05) is 12.1 Å². The van der Waals surface area contributed by atoms with Crippen molar-refractivity contribution < 1.29 is 9.47 Å². The molecule has 0 amide bonds. The Balaban J connectivity index is 2.75. The van der Waals surface area contributed by atoms with Crippen molar-refractivity contribution in [2.45, 2.75) is 39.7 Å². The predicted molar refractivity (Wildman–Crippen MR) is 79.8 cm³/mol. The molecule has 1 rings (SSSR count). The van der Waals surface area contributed by atoms with Crippen LogP contribution in [0.5, 0.6) is 5.75 Å². The van der Waals surface area contributed by atoms with E-state index in [0.29, 0.717) is 6.61 Å². The van der Waals surface area contributed by atoms with Gasteiger partial charge in [0.15, 0.2) is 0 Å². The summed E-state index contributed by atoms with van der Waals surface area (Å²) in [7, 11) is 0. The van der Waals surface area contributed by atoms with Crippen LogP contribution in [0.15, 0.2) is 24.3 Å². The smallest absolute Gasteiger partial charge is 0.124 e. The Bertz CT molecular complexity index is 341. The SMILES string of the molecule is CCCOCC(NCC)c1ccccc1OCCC. The highest BCUT2D eigenvalue weighted by Crippen LogP contribution is 2.25. The van der Waals surface area contributed by atoms with E-state index in [9.17, 15) is 0 Å². The van der Waals surface area contributed by atoms with Crippen LogP contribution in [0.1, 0.15) is 45.2 Å². The van der Waals surface area contributed by atoms with Crippen molar-refractivity contribution in [3.05, 3.63) is 29.8 Å². The minimum Gasteiger partial charge on any atom is -0.493 e. The molecule has 0 spiro atoms. The second-order valence-corrected chi connectivity index (χ2v) is 4.57. The van der Waals surface area contributed by atoms with Gasteiger partial charge in [0.2, 0.25) is 0 Å². The van der Waals surface area contributed by atoms with Gasteiger partial charge in [-0.2, -0.15) is 0 Å². The molecular formula is C16H27NO2. The number of likely N-dealkylation sites (N-methyl/N-ethyl adjacent to an activating group) is 1. The summed E-state index contributed by atoms with van der Waals surface area (Å²) in [4.78, 5) is 0. The molecule has 1 aromatic rings. The lowest BCUT2D eigenvalue weighted by Gasteiger charge is -2.21. The molecule has 0 bridgehead atoms. The van der Waals surface area contributed by atoms with Gasteiger partial charge in [0.05, 0.1) is 19.3 Å². The summed E-state index contributed by atoms with van der Waals surface area (Å²) >= 11 is 0. The first kappa shape index (κ1) is 16.0. The zero-order chi connectivity index (χ0) is 13.9. The first-order chi connectivity index (χ1) is 9.33. The maximum absolute atomic E-state index is 5.82. The van der Waals surface area contributed by atoms with E-state index in [1.54, 1.807) is 0 Å². The average Bonchev–Trinajstić information content (AvgIpc) is 2.45. The Hall–Kier alpha value is -1.06. The molecule has 0 saturated heterocycles. The first-order valence-corrected chi connectivity index (χ1v) is 7.36. The minimum atomic E-state index is 0.199. The van der Waals surface area contributed by atoms with Gasteiger partial charge < -0.3 is 14.8 Å². The second-order valence-electron chi connectivity index (χ2n) is 4.57. The maximum Gasteiger partial charge on any atom is 0.124 e. The fourth-order valence-corrected chi connectivity index (χ4v) is 1.96. The van der Waals surface area contributed by atoms with E-state index in [2.05, 4.69) is 38.2 Å². The molecule has 108 valence electrons. The third-order valence-corrected chi connectivity index (χ3v) is 2.84. The molecule has 0 heterocycles. The lowest BCUT2D eigenvalue weighted by molar-refractivity contribution is 0.111. The number of ether oxygens (including phenoxy) is 2. The molecule has 3 nitrogen and oxygen atoms in total. The van der Waals surface area contributed by atoms with Gasteiger partial charge in [-0.3, -0.25) is 0 Å². The number of benzene rings is 1. The summed E-state index contributed by atoms with van der Waals surface area (Å²) in [6, 6.07) is 8.43. The second kappa shape index (κ2) is 9.82. The van der Waals surface area contributed by atoms with Gasteiger partial charge in [-0.05, 0) is 25.5 Å². The van der Waals surface area contributed by atoms with E-state index in [1.165, 1.54) is 5.56 Å². The molecule has 0 aliphatic heterocycles. The first-order valence-electron chi connectivity index (χ1n) is 7.36. The number of hydrogen-bond acceptors (Lipinski definition) is 3. The van der Waals surface area contributed by atoms with Crippen LogP contribution in [-0.4, -0.2) is 26.4 Å². The number of nitrogens with one attached hydrogen (secondary N) is 1. The summed E-state index contributed by atoms with van der Waals surface area (Å²) in [5, 5.41) is 3.47. The fraction of sp³-hybridized carbons (Fsp3) is 0.625. The summed E-state index contributed by atoms with van der Waals surface area (Å²) in [6.45, 7) is 9.53.